The van der Waals surface area contributed by atoms with Crippen molar-refractivity contribution in [3.05, 3.63) is 0 Å². The normalized spacial score (nSPS) is 13.5. The highest BCUT2D eigenvalue weighted by Gasteiger charge is 1.89. The van der Waals surface area contributed by atoms with Gasteiger partial charge in [0, 0.05) is 0 Å². The molecule has 3 heteroatoms. The lowest BCUT2D eigenvalue weighted by molar-refractivity contribution is 0.912. The smallest absolute Gasteiger partial charge is 0.0748 e. The van der Waals surface area contributed by atoms with Gasteiger partial charge in [-0.15, -0.1) is 0 Å². The Hall–Kier alpha value is 0.140. The minimum Gasteiger partial charge on any atom is -0.289 e. The quantitative estimate of drug-likeness (QED) is 0.375. The zero-order valence-corrected chi connectivity index (χ0v) is 6.28. The second-order valence-corrected chi connectivity index (χ2v) is 3.47. The maximum Gasteiger partial charge on any atom is 0.0748 e. The highest BCUT2D eigenvalue weighted by molar-refractivity contribution is 7.99. The summed E-state index contributed by atoms with van der Waals surface area (Å²) in [7, 11) is 0. The van der Waals surface area contributed by atoms with Gasteiger partial charge in [0.05, 0.1) is 5.11 Å². The average Bonchev–Trinajstić information content (AvgIpc) is 1.65. The molecule has 0 amide bonds. The Balaban J connectivity index is 3.51. The molecular formula is C5H14N2S. The molecule has 0 saturated heterocycles. The molecule has 2 nitrogen and oxygen atoms in total. The Labute approximate surface area is 54.2 Å². The van der Waals surface area contributed by atoms with Gasteiger partial charge in [0.2, 0.25) is 0 Å². The average molecular weight is 134 g/mol. The second-order valence-electron chi connectivity index (χ2n) is 1.81. The standard InChI is InChI=1S/C5H14N2S/c1-3-4(2)8-5(6)7/h4,8H,3,6-7H2,1-2H3. The van der Waals surface area contributed by atoms with Gasteiger partial charge in [-0.3, -0.25) is 11.5 Å². The number of hydrogen-bond acceptors (Lipinski definition) is 0. The molecule has 0 aliphatic rings. The van der Waals surface area contributed by atoms with Crippen LogP contribution in [0.4, 0.5) is 0 Å². The van der Waals surface area contributed by atoms with E-state index in [1.54, 1.807) is 0 Å². The molecule has 0 aliphatic carbocycles. The van der Waals surface area contributed by atoms with E-state index < -0.39 is 0 Å². The molecule has 0 heterocycles. The van der Waals surface area contributed by atoms with Crippen LogP contribution in [0.5, 0.6) is 0 Å². The summed E-state index contributed by atoms with van der Waals surface area (Å²) >= 11 is 1.08. The van der Waals surface area contributed by atoms with Crippen LogP contribution in [0.25, 0.3) is 0 Å². The third-order valence-corrected chi connectivity index (χ3v) is 2.06. The first-order chi connectivity index (χ1) is 3.66. The Morgan fingerprint density at radius 1 is 1.62 bits per heavy atom. The minimum atomic E-state index is 0.527. The zero-order valence-electron chi connectivity index (χ0n) is 5.39. The van der Waals surface area contributed by atoms with Crippen molar-refractivity contribution >= 4 is 16.5 Å². The van der Waals surface area contributed by atoms with Gasteiger partial charge < -0.3 is 0 Å². The molecule has 0 aliphatic heterocycles. The molecule has 8 heavy (non-hydrogen) atoms. The molecule has 4 N–H and O–H groups in total. The van der Waals surface area contributed by atoms with Crippen molar-refractivity contribution in [1.29, 1.82) is 0 Å². The molecule has 0 saturated carbocycles. The largest absolute Gasteiger partial charge is 0.289 e. The first-order valence-corrected chi connectivity index (χ1v) is 3.72. The predicted molar refractivity (Wildman–Crippen MR) is 42.1 cm³/mol. The van der Waals surface area contributed by atoms with E-state index >= 15 is 0 Å². The second kappa shape index (κ2) is 4.06. The van der Waals surface area contributed by atoms with Gasteiger partial charge in [-0.25, -0.2) is 0 Å². The fraction of sp³-hybridized carbons (Fsp3) is 0.800. The lowest BCUT2D eigenvalue weighted by Gasteiger charge is -2.00. The molecule has 1 atom stereocenters. The Bertz CT molecular complexity index is 86.4. The fourth-order valence-corrected chi connectivity index (χ4v) is 1.04. The molecule has 0 rings (SSSR count). The summed E-state index contributed by atoms with van der Waals surface area (Å²) < 4.78 is 0. The zero-order chi connectivity index (χ0) is 6.57. The molecule has 0 aromatic carbocycles. The van der Waals surface area contributed by atoms with Crippen LogP contribution in [0.3, 0.4) is 0 Å². The Morgan fingerprint density at radius 3 is 2.25 bits per heavy atom. The third-order valence-electron chi connectivity index (χ3n) is 0.960. The maximum atomic E-state index is 5.25. The summed E-state index contributed by atoms with van der Waals surface area (Å²) in [6, 6.07) is 0. The van der Waals surface area contributed by atoms with Crippen molar-refractivity contribution in [1.82, 2.24) is 0 Å². The van der Waals surface area contributed by atoms with Gasteiger partial charge in [0.1, 0.15) is 0 Å². The van der Waals surface area contributed by atoms with E-state index in [-0.39, 0.29) is 0 Å². The number of thiol groups is 1. The van der Waals surface area contributed by atoms with E-state index in [0.717, 1.165) is 17.8 Å². The molecule has 0 aromatic rings. The van der Waals surface area contributed by atoms with E-state index in [9.17, 15) is 0 Å². The van der Waals surface area contributed by atoms with E-state index in [4.69, 9.17) is 11.5 Å². The lowest BCUT2D eigenvalue weighted by atomic mass is 10.4. The van der Waals surface area contributed by atoms with E-state index in [1.165, 1.54) is 0 Å². The highest BCUT2D eigenvalue weighted by atomic mass is 32.1. The van der Waals surface area contributed by atoms with Crippen molar-refractivity contribution < 1.29 is 0 Å². The maximum absolute atomic E-state index is 5.25. The number of rotatable bonds is 2. The molecule has 1 unspecified atom stereocenters. The van der Waals surface area contributed by atoms with Gasteiger partial charge in [0.25, 0.3) is 0 Å². The summed E-state index contributed by atoms with van der Waals surface area (Å²) in [6.45, 7) is 4.25. The topological polar surface area (TPSA) is 52.0 Å². The molecule has 0 radical (unpaired) electrons. The van der Waals surface area contributed by atoms with Gasteiger partial charge in [-0.1, -0.05) is 13.8 Å². The number of hydrogen-bond donors (Lipinski definition) is 3. The van der Waals surface area contributed by atoms with Crippen molar-refractivity contribution in [2.24, 2.45) is 11.5 Å². The van der Waals surface area contributed by atoms with Crippen LogP contribution in [0, 0.1) is 0 Å². The van der Waals surface area contributed by atoms with E-state index in [1.807, 2.05) is 0 Å². The fourth-order valence-electron chi connectivity index (χ4n) is 0.346. The molecular weight excluding hydrogens is 120 g/mol. The van der Waals surface area contributed by atoms with Crippen LogP contribution < -0.4 is 11.5 Å². The van der Waals surface area contributed by atoms with Gasteiger partial charge in [0.15, 0.2) is 0 Å². The van der Waals surface area contributed by atoms with Crippen LogP contribution in [-0.2, 0) is 0 Å². The summed E-state index contributed by atoms with van der Waals surface area (Å²) in [5.74, 6) is 0. The van der Waals surface area contributed by atoms with Crippen molar-refractivity contribution in [2.75, 3.05) is 0 Å². The lowest BCUT2D eigenvalue weighted by Crippen LogP contribution is -2.21. The van der Waals surface area contributed by atoms with Gasteiger partial charge in [-0.2, -0.15) is 11.4 Å². The van der Waals surface area contributed by atoms with Crippen LogP contribution in [0.2, 0.25) is 0 Å². The highest BCUT2D eigenvalue weighted by Crippen LogP contribution is 2.02. The predicted octanol–water partition coefficient (Wildman–Crippen LogP) is 0.255. The van der Waals surface area contributed by atoms with Crippen LogP contribution >= 0.6 is 11.4 Å². The van der Waals surface area contributed by atoms with Gasteiger partial charge in [-0.05, 0) is 11.7 Å². The summed E-state index contributed by atoms with van der Waals surface area (Å²) in [5.41, 5.74) is 10.5. The van der Waals surface area contributed by atoms with Crippen LogP contribution in [0.1, 0.15) is 20.3 Å². The first-order valence-electron chi connectivity index (χ1n) is 2.75. The minimum absolute atomic E-state index is 0.527. The molecule has 0 fully saturated rings. The third kappa shape index (κ3) is 4.30. The SMILES string of the molecule is CCC(C)[SH]=C(N)N. The Morgan fingerprint density at radius 2 is 2.12 bits per heavy atom. The molecule has 50 valence electrons. The van der Waals surface area contributed by atoms with E-state index in [0.29, 0.717) is 10.4 Å². The summed E-state index contributed by atoms with van der Waals surface area (Å²) in [4.78, 5) is 0. The van der Waals surface area contributed by atoms with Gasteiger partial charge >= 0.3 is 0 Å². The van der Waals surface area contributed by atoms with Crippen molar-refractivity contribution in [3.63, 3.8) is 0 Å². The van der Waals surface area contributed by atoms with Crippen molar-refractivity contribution in [3.8, 4) is 0 Å². The summed E-state index contributed by atoms with van der Waals surface area (Å²) in [5, 5.41) is 1.14. The molecule has 0 aromatic heterocycles. The van der Waals surface area contributed by atoms with Crippen LogP contribution in [0.15, 0.2) is 0 Å². The Kier molecular flexibility index (Phi) is 4.13. The first kappa shape index (κ1) is 8.14. The monoisotopic (exact) mass is 134 g/mol. The van der Waals surface area contributed by atoms with E-state index in [2.05, 4.69) is 13.8 Å². The van der Waals surface area contributed by atoms with Crippen LogP contribution in [-0.4, -0.2) is 10.4 Å². The number of nitrogens with two attached hydrogens (primary N) is 2. The van der Waals surface area contributed by atoms with Crippen molar-refractivity contribution in [2.45, 2.75) is 25.5 Å². The summed E-state index contributed by atoms with van der Waals surface area (Å²) in [6.07, 6.45) is 1.14. The molecule has 0 spiro atoms. The molecule has 0 bridgehead atoms.